The summed E-state index contributed by atoms with van der Waals surface area (Å²) >= 11 is 1.49. The number of carbonyl (C=O) groups is 1. The smallest absolute Gasteiger partial charge is 0.236 e. The molecule has 1 aliphatic heterocycles. The molecule has 6 nitrogen and oxygen atoms in total. The van der Waals surface area contributed by atoms with Crippen molar-refractivity contribution in [2.75, 3.05) is 32.7 Å². The number of piperazine rings is 1. The quantitative estimate of drug-likeness (QED) is 0.794. The van der Waals surface area contributed by atoms with Gasteiger partial charge in [-0.1, -0.05) is 36.0 Å². The molecule has 0 bridgehead atoms. The van der Waals surface area contributed by atoms with Gasteiger partial charge in [0.25, 0.3) is 0 Å². The molecule has 0 saturated carbocycles. The first-order valence-corrected chi connectivity index (χ1v) is 10.1. The minimum Gasteiger partial charge on any atom is -0.332 e. The first kappa shape index (κ1) is 18.9. The van der Waals surface area contributed by atoms with E-state index in [1.807, 2.05) is 35.6 Å². The normalized spacial score (nSPS) is 16.7. The minimum absolute atomic E-state index is 0.161. The summed E-state index contributed by atoms with van der Waals surface area (Å²) in [7, 11) is 1.96. The summed E-state index contributed by atoms with van der Waals surface area (Å²) in [5.74, 6) is 1.04. The summed E-state index contributed by atoms with van der Waals surface area (Å²) in [6.45, 7) is 11.1. The van der Waals surface area contributed by atoms with E-state index in [0.29, 0.717) is 0 Å². The molecule has 1 amide bonds. The van der Waals surface area contributed by atoms with Crippen LogP contribution in [0.3, 0.4) is 0 Å². The van der Waals surface area contributed by atoms with Gasteiger partial charge in [-0.2, -0.15) is 0 Å². The standard InChI is InChI=1S/C19H27N5OS/c1-5-23-10-12-24(13-11-23)18(25)15(3)26-19-21-20-17(22(19)4)16-9-7-6-8-14(16)2/h6-9,15H,5,10-13H2,1-4H3/p+1/t15-/m0/s1. The van der Waals surface area contributed by atoms with Crippen molar-refractivity contribution in [1.82, 2.24) is 19.7 Å². The van der Waals surface area contributed by atoms with Crippen LogP contribution in [0.15, 0.2) is 29.4 Å². The largest absolute Gasteiger partial charge is 0.332 e. The molecule has 2 aromatic rings. The molecule has 3 rings (SSSR count). The molecule has 1 aliphatic rings. The fraction of sp³-hybridized carbons (Fsp3) is 0.526. The van der Waals surface area contributed by atoms with Gasteiger partial charge in [-0.3, -0.25) is 4.79 Å². The van der Waals surface area contributed by atoms with E-state index in [1.165, 1.54) is 17.3 Å². The molecule has 0 spiro atoms. The van der Waals surface area contributed by atoms with Crippen molar-refractivity contribution < 1.29 is 9.69 Å². The van der Waals surface area contributed by atoms with Crippen molar-refractivity contribution in [3.8, 4) is 11.4 Å². The van der Waals surface area contributed by atoms with E-state index in [1.54, 1.807) is 4.90 Å². The van der Waals surface area contributed by atoms with Gasteiger partial charge in [-0.15, -0.1) is 10.2 Å². The lowest BCUT2D eigenvalue weighted by molar-refractivity contribution is -0.902. The molecular formula is C19H28N5OS+. The Kier molecular flexibility index (Phi) is 5.98. The third-order valence-corrected chi connectivity index (χ3v) is 6.25. The maximum Gasteiger partial charge on any atom is 0.236 e. The lowest BCUT2D eigenvalue weighted by Crippen LogP contribution is -3.14. The van der Waals surface area contributed by atoms with Crippen LogP contribution in [0.1, 0.15) is 19.4 Å². The number of carbonyl (C=O) groups excluding carboxylic acids is 1. The van der Waals surface area contributed by atoms with Crippen LogP contribution in [0.4, 0.5) is 0 Å². The minimum atomic E-state index is -0.161. The zero-order valence-corrected chi connectivity index (χ0v) is 16.8. The molecule has 26 heavy (non-hydrogen) atoms. The Hall–Kier alpha value is -1.86. The fourth-order valence-electron chi connectivity index (χ4n) is 3.34. The van der Waals surface area contributed by atoms with Crippen molar-refractivity contribution in [3.63, 3.8) is 0 Å². The second-order valence-corrected chi connectivity index (χ2v) is 8.18. The number of aromatic nitrogens is 3. The van der Waals surface area contributed by atoms with Crippen molar-refractivity contribution in [3.05, 3.63) is 29.8 Å². The summed E-state index contributed by atoms with van der Waals surface area (Å²) in [6, 6.07) is 8.15. The Labute approximate surface area is 159 Å². The molecule has 1 aromatic carbocycles. The Morgan fingerprint density at radius 2 is 1.96 bits per heavy atom. The van der Waals surface area contributed by atoms with Crippen molar-refractivity contribution >= 4 is 17.7 Å². The summed E-state index contributed by atoms with van der Waals surface area (Å²) in [6.07, 6.45) is 0. The van der Waals surface area contributed by atoms with E-state index >= 15 is 0 Å². The number of likely N-dealkylation sites (N-methyl/N-ethyl adjacent to an activating group) is 1. The molecule has 0 radical (unpaired) electrons. The fourth-order valence-corrected chi connectivity index (χ4v) is 4.24. The van der Waals surface area contributed by atoms with E-state index in [4.69, 9.17) is 0 Å². The summed E-state index contributed by atoms with van der Waals surface area (Å²) in [5.41, 5.74) is 2.24. The highest BCUT2D eigenvalue weighted by Crippen LogP contribution is 2.27. The average molecular weight is 375 g/mol. The summed E-state index contributed by atoms with van der Waals surface area (Å²) < 4.78 is 1.98. The highest BCUT2D eigenvalue weighted by atomic mass is 32.2. The molecule has 1 aromatic heterocycles. The molecule has 0 unspecified atom stereocenters. The predicted octanol–water partition coefficient (Wildman–Crippen LogP) is 1.02. The van der Waals surface area contributed by atoms with E-state index in [9.17, 15) is 4.79 Å². The van der Waals surface area contributed by atoms with Crippen molar-refractivity contribution in [2.45, 2.75) is 31.2 Å². The van der Waals surface area contributed by atoms with Crippen LogP contribution < -0.4 is 4.90 Å². The van der Waals surface area contributed by atoms with Crippen molar-refractivity contribution in [1.29, 1.82) is 0 Å². The SMILES string of the molecule is CC[NH+]1CCN(C(=O)[C@H](C)Sc2nnc(-c3ccccc3C)n2C)CC1. The maximum atomic E-state index is 12.8. The van der Waals surface area contributed by atoms with Gasteiger partial charge in [-0.25, -0.2) is 0 Å². The second kappa shape index (κ2) is 8.22. The number of quaternary nitrogens is 1. The van der Waals surface area contributed by atoms with E-state index < -0.39 is 0 Å². The van der Waals surface area contributed by atoms with Gasteiger partial charge in [0.2, 0.25) is 5.91 Å². The maximum absolute atomic E-state index is 12.8. The van der Waals surface area contributed by atoms with Crippen LogP contribution in [-0.2, 0) is 11.8 Å². The third-order valence-electron chi connectivity index (χ3n) is 5.13. The van der Waals surface area contributed by atoms with Crippen LogP contribution in [-0.4, -0.2) is 63.5 Å². The Morgan fingerprint density at radius 3 is 2.62 bits per heavy atom. The topological polar surface area (TPSA) is 55.5 Å². The van der Waals surface area contributed by atoms with E-state index in [-0.39, 0.29) is 11.2 Å². The van der Waals surface area contributed by atoms with Gasteiger partial charge in [-0.05, 0) is 26.3 Å². The molecule has 1 N–H and O–H groups in total. The van der Waals surface area contributed by atoms with Gasteiger partial charge in [0.05, 0.1) is 38.0 Å². The average Bonchev–Trinajstić information content (AvgIpc) is 3.02. The molecule has 1 fully saturated rings. The number of amides is 1. The number of aryl methyl sites for hydroxylation is 1. The summed E-state index contributed by atoms with van der Waals surface area (Å²) in [4.78, 5) is 16.3. The molecule has 1 atom stereocenters. The third kappa shape index (κ3) is 3.94. The summed E-state index contributed by atoms with van der Waals surface area (Å²) in [5, 5.41) is 9.30. The first-order chi connectivity index (χ1) is 12.5. The lowest BCUT2D eigenvalue weighted by atomic mass is 10.1. The van der Waals surface area contributed by atoms with Crippen LogP contribution >= 0.6 is 11.8 Å². The number of rotatable bonds is 5. The van der Waals surface area contributed by atoms with Crippen LogP contribution in [0.5, 0.6) is 0 Å². The Morgan fingerprint density at radius 1 is 1.27 bits per heavy atom. The van der Waals surface area contributed by atoms with E-state index in [0.717, 1.165) is 49.3 Å². The van der Waals surface area contributed by atoms with E-state index in [2.05, 4.69) is 36.2 Å². The highest BCUT2D eigenvalue weighted by molar-refractivity contribution is 8.00. The predicted molar refractivity (Wildman–Crippen MR) is 104 cm³/mol. The molecule has 1 saturated heterocycles. The first-order valence-electron chi connectivity index (χ1n) is 9.25. The number of benzene rings is 1. The van der Waals surface area contributed by atoms with Gasteiger partial charge >= 0.3 is 0 Å². The number of nitrogens with zero attached hydrogens (tertiary/aromatic N) is 4. The monoisotopic (exact) mass is 374 g/mol. The van der Waals surface area contributed by atoms with Gasteiger partial charge in [0, 0.05) is 12.6 Å². The molecular weight excluding hydrogens is 346 g/mol. The van der Waals surface area contributed by atoms with Crippen LogP contribution in [0.25, 0.3) is 11.4 Å². The zero-order chi connectivity index (χ0) is 18.7. The number of hydrogen-bond acceptors (Lipinski definition) is 4. The van der Waals surface area contributed by atoms with Crippen molar-refractivity contribution in [2.24, 2.45) is 7.05 Å². The van der Waals surface area contributed by atoms with Crippen LogP contribution in [0.2, 0.25) is 0 Å². The number of hydrogen-bond donors (Lipinski definition) is 1. The number of nitrogens with one attached hydrogen (secondary N) is 1. The number of thioether (sulfide) groups is 1. The Bertz CT molecular complexity index is 767. The molecule has 2 heterocycles. The molecule has 140 valence electrons. The van der Waals surface area contributed by atoms with Gasteiger partial charge in [0.15, 0.2) is 11.0 Å². The molecule has 0 aliphatic carbocycles. The van der Waals surface area contributed by atoms with Gasteiger partial charge in [0.1, 0.15) is 0 Å². The van der Waals surface area contributed by atoms with Crippen LogP contribution in [0, 0.1) is 6.92 Å². The highest BCUT2D eigenvalue weighted by Gasteiger charge is 2.28. The molecule has 7 heteroatoms. The Balaban J connectivity index is 1.68. The zero-order valence-electron chi connectivity index (χ0n) is 16.0. The second-order valence-electron chi connectivity index (χ2n) is 6.87. The lowest BCUT2D eigenvalue weighted by Gasteiger charge is -2.32. The van der Waals surface area contributed by atoms with Gasteiger partial charge < -0.3 is 14.4 Å².